The van der Waals surface area contributed by atoms with E-state index in [1.54, 1.807) is 24.4 Å². The number of aliphatic hydroxyl groups excluding tert-OH is 1. The second kappa shape index (κ2) is 8.04. The van der Waals surface area contributed by atoms with Crippen molar-refractivity contribution in [2.24, 2.45) is 0 Å². The molecule has 4 aromatic heterocycles. The molecule has 4 heterocycles. The largest absolute Gasteiger partial charge is 0.494 e. The Labute approximate surface area is 179 Å². The number of methoxy groups -OCH3 is 2. The highest BCUT2D eigenvalue weighted by atomic mass is 19.4. The summed E-state index contributed by atoms with van der Waals surface area (Å²) in [6, 6.07) is 5.07. The Hall–Kier alpha value is -3.80. The van der Waals surface area contributed by atoms with Crippen molar-refractivity contribution >= 4 is 10.9 Å². The van der Waals surface area contributed by atoms with Crippen LogP contribution in [0.1, 0.15) is 0 Å². The van der Waals surface area contributed by atoms with Gasteiger partial charge in [-0.05, 0) is 18.2 Å². The number of hydrogen-bond acceptors (Lipinski definition) is 7. The number of pyridine rings is 2. The fourth-order valence-electron chi connectivity index (χ4n) is 3.16. The molecule has 0 fully saturated rings. The van der Waals surface area contributed by atoms with E-state index in [9.17, 15) is 23.4 Å². The molecule has 0 radical (unpaired) electrons. The van der Waals surface area contributed by atoms with Crippen LogP contribution in [0.5, 0.6) is 17.5 Å². The number of aliphatic hydroxyl groups is 1. The zero-order chi connectivity index (χ0) is 23.0. The maximum absolute atomic E-state index is 12.6. The highest BCUT2D eigenvalue weighted by molar-refractivity contribution is 5.87. The van der Waals surface area contributed by atoms with Crippen LogP contribution in [0.15, 0.2) is 43.0 Å². The second-order valence-electron chi connectivity index (χ2n) is 6.87. The van der Waals surface area contributed by atoms with E-state index in [1.165, 1.54) is 37.4 Å². The molecule has 1 unspecified atom stereocenters. The fraction of sp³-hybridized carbons (Fsp3) is 0.250. The second-order valence-corrected chi connectivity index (χ2v) is 6.87. The molecule has 0 saturated carbocycles. The number of halogens is 3. The number of alkyl halides is 3. The van der Waals surface area contributed by atoms with Crippen molar-refractivity contribution in [3.05, 3.63) is 43.0 Å². The van der Waals surface area contributed by atoms with Crippen LogP contribution < -0.4 is 9.47 Å². The molecule has 12 heteroatoms. The molecular weight excluding hydrogens is 431 g/mol. The summed E-state index contributed by atoms with van der Waals surface area (Å²) >= 11 is 0. The van der Waals surface area contributed by atoms with E-state index in [0.717, 1.165) is 4.68 Å². The molecule has 0 saturated heterocycles. The molecule has 32 heavy (non-hydrogen) atoms. The average molecular weight is 449 g/mol. The first-order chi connectivity index (χ1) is 15.2. The number of fused-ring (bicyclic) bond motifs is 1. The van der Waals surface area contributed by atoms with Gasteiger partial charge in [0.2, 0.25) is 5.88 Å². The van der Waals surface area contributed by atoms with Crippen molar-refractivity contribution in [3.8, 4) is 34.5 Å². The third kappa shape index (κ3) is 3.91. The number of rotatable bonds is 6. The summed E-state index contributed by atoms with van der Waals surface area (Å²) in [5.41, 5.74) is 1.97. The molecule has 2 N–H and O–H groups in total. The van der Waals surface area contributed by atoms with E-state index in [2.05, 4.69) is 15.1 Å². The van der Waals surface area contributed by atoms with Crippen molar-refractivity contribution in [1.82, 2.24) is 24.3 Å². The summed E-state index contributed by atoms with van der Waals surface area (Å²) in [6.07, 6.45) is -1.64. The van der Waals surface area contributed by atoms with Crippen LogP contribution in [0.25, 0.3) is 27.8 Å². The van der Waals surface area contributed by atoms with Gasteiger partial charge in [0.15, 0.2) is 11.9 Å². The monoisotopic (exact) mass is 449 g/mol. The van der Waals surface area contributed by atoms with Crippen LogP contribution in [0, 0.1) is 0 Å². The first kappa shape index (κ1) is 21.4. The summed E-state index contributed by atoms with van der Waals surface area (Å²) in [6.45, 7) is -0.764. The number of aromatic hydroxyl groups is 1. The maximum Gasteiger partial charge on any atom is 0.416 e. The van der Waals surface area contributed by atoms with E-state index in [0.29, 0.717) is 39.5 Å². The molecule has 9 nitrogen and oxygen atoms in total. The number of hydrogen-bond donors (Lipinski definition) is 2. The molecule has 0 bridgehead atoms. The Morgan fingerprint density at radius 1 is 1.12 bits per heavy atom. The van der Waals surface area contributed by atoms with Crippen molar-refractivity contribution in [1.29, 1.82) is 0 Å². The predicted octanol–water partition coefficient (Wildman–Crippen LogP) is 2.93. The van der Waals surface area contributed by atoms with Crippen LogP contribution in [-0.4, -0.2) is 61.0 Å². The lowest BCUT2D eigenvalue weighted by molar-refractivity contribution is -0.208. The molecule has 4 rings (SSSR count). The van der Waals surface area contributed by atoms with Gasteiger partial charge >= 0.3 is 6.18 Å². The van der Waals surface area contributed by atoms with Gasteiger partial charge in [-0.2, -0.15) is 18.3 Å². The van der Waals surface area contributed by atoms with Gasteiger partial charge in [0.25, 0.3) is 5.88 Å². The summed E-state index contributed by atoms with van der Waals surface area (Å²) in [4.78, 5) is 8.72. The normalized spacial score (nSPS) is 12.8. The van der Waals surface area contributed by atoms with Crippen molar-refractivity contribution in [3.63, 3.8) is 0 Å². The quantitative estimate of drug-likeness (QED) is 0.466. The molecule has 0 aliphatic heterocycles. The maximum atomic E-state index is 12.6. The van der Waals surface area contributed by atoms with E-state index < -0.39 is 18.8 Å². The highest BCUT2D eigenvalue weighted by Crippen LogP contribution is 2.33. The van der Waals surface area contributed by atoms with Crippen LogP contribution >= 0.6 is 0 Å². The van der Waals surface area contributed by atoms with Crippen molar-refractivity contribution < 1.29 is 32.9 Å². The SMILES string of the molecule is COc1cc(-c2ccc3c(O)n(-c4cnn(CC(O)C(F)(F)F)c4)cc3n2)cnc1OC. The van der Waals surface area contributed by atoms with Crippen molar-refractivity contribution in [2.75, 3.05) is 14.2 Å². The van der Waals surface area contributed by atoms with Gasteiger partial charge in [0.1, 0.15) is 0 Å². The number of ether oxygens (including phenoxy) is 2. The standard InChI is InChI=1S/C20H18F3N5O4/c1-31-16-5-11(6-24-18(16)32-2)14-4-3-13-15(26-14)9-28(19(13)30)12-7-25-27(8-12)10-17(29)20(21,22)23/h3-9,17,29-30H,10H2,1-2H3. The minimum absolute atomic E-state index is 0.152. The lowest BCUT2D eigenvalue weighted by atomic mass is 10.1. The molecule has 168 valence electrons. The van der Waals surface area contributed by atoms with Gasteiger partial charge in [0, 0.05) is 24.2 Å². The summed E-state index contributed by atoms with van der Waals surface area (Å²) in [5, 5.41) is 24.1. The summed E-state index contributed by atoms with van der Waals surface area (Å²) in [7, 11) is 2.97. The van der Waals surface area contributed by atoms with Crippen LogP contribution in [-0.2, 0) is 6.54 Å². The van der Waals surface area contributed by atoms with Gasteiger partial charge in [0.05, 0.1) is 49.2 Å². The lowest BCUT2D eigenvalue weighted by Gasteiger charge is -2.13. The Bertz CT molecular complexity index is 1270. The van der Waals surface area contributed by atoms with Gasteiger partial charge in [-0.1, -0.05) is 0 Å². The molecule has 1 atom stereocenters. The third-order valence-electron chi connectivity index (χ3n) is 4.81. The molecule has 0 amide bonds. The smallest absolute Gasteiger partial charge is 0.416 e. The Kier molecular flexibility index (Phi) is 5.38. The van der Waals surface area contributed by atoms with Gasteiger partial charge < -0.3 is 19.7 Å². The van der Waals surface area contributed by atoms with E-state index in [4.69, 9.17) is 9.47 Å². The number of aromatic nitrogens is 5. The van der Waals surface area contributed by atoms with Crippen LogP contribution in [0.4, 0.5) is 13.2 Å². The Balaban J connectivity index is 1.67. The Morgan fingerprint density at radius 3 is 2.59 bits per heavy atom. The van der Waals surface area contributed by atoms with Gasteiger partial charge in [-0.3, -0.25) is 9.25 Å². The van der Waals surface area contributed by atoms with Crippen LogP contribution in [0.3, 0.4) is 0 Å². The lowest BCUT2D eigenvalue weighted by Crippen LogP contribution is -2.32. The molecule has 0 spiro atoms. The minimum Gasteiger partial charge on any atom is -0.494 e. The van der Waals surface area contributed by atoms with E-state index in [-0.39, 0.29) is 5.88 Å². The molecule has 0 aliphatic rings. The molecule has 0 aromatic carbocycles. The van der Waals surface area contributed by atoms with Crippen LogP contribution in [0.2, 0.25) is 0 Å². The van der Waals surface area contributed by atoms with E-state index in [1.807, 2.05) is 0 Å². The fourth-order valence-corrected chi connectivity index (χ4v) is 3.16. The van der Waals surface area contributed by atoms with E-state index >= 15 is 0 Å². The summed E-state index contributed by atoms with van der Waals surface area (Å²) < 4.78 is 50.4. The van der Waals surface area contributed by atoms with Crippen molar-refractivity contribution in [2.45, 2.75) is 18.8 Å². The number of nitrogens with zero attached hydrogens (tertiary/aromatic N) is 5. The zero-order valence-electron chi connectivity index (χ0n) is 16.9. The zero-order valence-corrected chi connectivity index (χ0v) is 16.9. The average Bonchev–Trinajstić information content (AvgIpc) is 3.36. The third-order valence-corrected chi connectivity index (χ3v) is 4.81. The topological polar surface area (TPSA) is 107 Å². The first-order valence-electron chi connectivity index (χ1n) is 9.28. The molecular formula is C20H18F3N5O4. The minimum atomic E-state index is -4.75. The first-order valence-corrected chi connectivity index (χ1v) is 9.28. The van der Waals surface area contributed by atoms with Gasteiger partial charge in [-0.15, -0.1) is 0 Å². The predicted molar refractivity (Wildman–Crippen MR) is 107 cm³/mol. The Morgan fingerprint density at radius 2 is 1.91 bits per heavy atom. The molecule has 4 aromatic rings. The summed E-state index contributed by atoms with van der Waals surface area (Å²) in [5.74, 6) is 0.606. The molecule has 0 aliphatic carbocycles. The van der Waals surface area contributed by atoms with Gasteiger partial charge in [-0.25, -0.2) is 9.97 Å². The highest BCUT2D eigenvalue weighted by Gasteiger charge is 2.38.